The second-order valence-corrected chi connectivity index (χ2v) is 4.86. The van der Waals surface area contributed by atoms with Gasteiger partial charge in [-0.15, -0.1) is 0 Å². The van der Waals surface area contributed by atoms with Crippen LogP contribution in [0.25, 0.3) is 0 Å². The lowest BCUT2D eigenvalue weighted by molar-refractivity contribution is 0.385. The minimum Gasteiger partial charge on any atom is -0.495 e. The molecule has 0 radical (unpaired) electrons. The summed E-state index contributed by atoms with van der Waals surface area (Å²) in [5.74, 6) is 1.34. The number of rotatable bonds is 4. The van der Waals surface area contributed by atoms with E-state index in [1.54, 1.807) is 20.4 Å². The van der Waals surface area contributed by atoms with Crippen LogP contribution < -0.4 is 15.2 Å². The number of benzene rings is 1. The first-order chi connectivity index (χ1) is 8.69. The number of hydrogen-bond donors (Lipinski definition) is 1. The van der Waals surface area contributed by atoms with Gasteiger partial charge in [0.1, 0.15) is 16.0 Å². The summed E-state index contributed by atoms with van der Waals surface area (Å²) in [7, 11) is 3.19. The molecule has 0 amide bonds. The lowest BCUT2D eigenvalue weighted by Crippen LogP contribution is -2.13. The Labute approximate surface area is 117 Å². The topological polar surface area (TPSA) is 70.3 Å². The van der Waals surface area contributed by atoms with Gasteiger partial charge < -0.3 is 15.2 Å². The molecular formula is C11H12BrN3O2S. The van der Waals surface area contributed by atoms with Gasteiger partial charge in [0.15, 0.2) is 0 Å². The molecule has 1 aromatic carbocycles. The molecule has 96 valence electrons. The quantitative estimate of drug-likeness (QED) is 0.932. The van der Waals surface area contributed by atoms with Gasteiger partial charge in [-0.25, -0.2) is 0 Å². The van der Waals surface area contributed by atoms with Crippen molar-refractivity contribution < 1.29 is 9.47 Å². The van der Waals surface area contributed by atoms with E-state index in [2.05, 4.69) is 24.7 Å². The van der Waals surface area contributed by atoms with Crippen molar-refractivity contribution in [2.45, 2.75) is 6.04 Å². The molecular weight excluding hydrogens is 318 g/mol. The van der Waals surface area contributed by atoms with Crippen LogP contribution >= 0.6 is 27.7 Å². The van der Waals surface area contributed by atoms with Crippen molar-refractivity contribution in [3.63, 3.8) is 0 Å². The summed E-state index contributed by atoms with van der Waals surface area (Å²) >= 11 is 4.58. The van der Waals surface area contributed by atoms with Crippen molar-refractivity contribution in [1.29, 1.82) is 0 Å². The third-order valence-corrected chi connectivity index (χ3v) is 3.79. The van der Waals surface area contributed by atoms with Crippen molar-refractivity contribution in [3.05, 3.63) is 34.1 Å². The van der Waals surface area contributed by atoms with E-state index in [-0.39, 0.29) is 6.04 Å². The van der Waals surface area contributed by atoms with E-state index in [9.17, 15) is 0 Å². The van der Waals surface area contributed by atoms with E-state index in [4.69, 9.17) is 15.2 Å². The first-order valence-corrected chi connectivity index (χ1v) is 6.64. The van der Waals surface area contributed by atoms with Gasteiger partial charge in [-0.1, -0.05) is 0 Å². The van der Waals surface area contributed by atoms with Crippen LogP contribution in [0.1, 0.15) is 17.3 Å². The number of hydrogen-bond acceptors (Lipinski definition) is 6. The Hall–Kier alpha value is -1.18. The number of aromatic nitrogens is 2. The minimum absolute atomic E-state index is 0.374. The van der Waals surface area contributed by atoms with Gasteiger partial charge in [0.05, 0.1) is 43.9 Å². The maximum absolute atomic E-state index is 6.16. The third-order valence-electron chi connectivity index (χ3n) is 2.55. The van der Waals surface area contributed by atoms with Crippen LogP contribution in [-0.4, -0.2) is 23.0 Å². The zero-order valence-corrected chi connectivity index (χ0v) is 12.3. The highest BCUT2D eigenvalue weighted by Crippen LogP contribution is 2.40. The SMILES string of the molecule is COc1ccc(C(N)c2cnsn2)c(OC)c1Br. The van der Waals surface area contributed by atoms with Crippen molar-refractivity contribution in [2.75, 3.05) is 14.2 Å². The Morgan fingerprint density at radius 1 is 1.33 bits per heavy atom. The van der Waals surface area contributed by atoms with Crippen molar-refractivity contribution in [3.8, 4) is 11.5 Å². The summed E-state index contributed by atoms with van der Waals surface area (Å²) in [5, 5.41) is 0. The predicted octanol–water partition coefficient (Wildman–Crippen LogP) is 2.37. The van der Waals surface area contributed by atoms with Crippen LogP contribution in [0.3, 0.4) is 0 Å². The molecule has 0 bridgehead atoms. The fourth-order valence-corrected chi connectivity index (χ4v) is 2.77. The molecule has 0 spiro atoms. The summed E-state index contributed by atoms with van der Waals surface area (Å²) in [6.45, 7) is 0. The molecule has 1 unspecified atom stereocenters. The molecule has 0 fully saturated rings. The Kier molecular flexibility index (Phi) is 4.15. The first kappa shape index (κ1) is 13.3. The molecule has 0 aliphatic heterocycles. The molecule has 1 aromatic heterocycles. The van der Waals surface area contributed by atoms with Gasteiger partial charge in [-0.2, -0.15) is 8.75 Å². The second-order valence-electron chi connectivity index (χ2n) is 3.51. The summed E-state index contributed by atoms with van der Waals surface area (Å²) in [4.78, 5) is 0. The van der Waals surface area contributed by atoms with Gasteiger partial charge in [-0.05, 0) is 28.1 Å². The highest BCUT2D eigenvalue weighted by Gasteiger charge is 2.20. The highest BCUT2D eigenvalue weighted by atomic mass is 79.9. The van der Waals surface area contributed by atoms with Crippen LogP contribution in [-0.2, 0) is 0 Å². The summed E-state index contributed by atoms with van der Waals surface area (Å²) < 4.78 is 19.4. The lowest BCUT2D eigenvalue weighted by atomic mass is 10.0. The van der Waals surface area contributed by atoms with Gasteiger partial charge in [0, 0.05) is 5.56 Å². The van der Waals surface area contributed by atoms with Gasteiger partial charge >= 0.3 is 0 Å². The number of ether oxygens (including phenoxy) is 2. The van der Waals surface area contributed by atoms with E-state index in [1.165, 1.54) is 0 Å². The second kappa shape index (κ2) is 5.64. The molecule has 2 N–H and O–H groups in total. The van der Waals surface area contributed by atoms with E-state index >= 15 is 0 Å². The Balaban J connectivity index is 2.48. The number of methoxy groups -OCH3 is 2. The molecule has 1 heterocycles. The molecule has 2 rings (SSSR count). The molecule has 0 saturated carbocycles. The normalized spacial score (nSPS) is 12.2. The monoisotopic (exact) mass is 329 g/mol. The zero-order chi connectivity index (χ0) is 13.1. The van der Waals surface area contributed by atoms with Crippen molar-refractivity contribution in [1.82, 2.24) is 8.75 Å². The average molecular weight is 330 g/mol. The number of nitrogens with two attached hydrogens (primary N) is 1. The molecule has 0 aliphatic carbocycles. The van der Waals surface area contributed by atoms with Crippen LogP contribution in [0.15, 0.2) is 22.8 Å². The Bertz CT molecular complexity index is 533. The zero-order valence-electron chi connectivity index (χ0n) is 9.88. The van der Waals surface area contributed by atoms with Gasteiger partial charge in [-0.3, -0.25) is 0 Å². The fourth-order valence-electron chi connectivity index (χ4n) is 1.63. The van der Waals surface area contributed by atoms with Crippen LogP contribution in [0.2, 0.25) is 0 Å². The molecule has 0 saturated heterocycles. The lowest BCUT2D eigenvalue weighted by Gasteiger charge is -2.16. The molecule has 1 atom stereocenters. The standard InChI is InChI=1S/C11H12BrN3O2S/c1-16-8-4-3-6(11(17-2)9(8)12)10(13)7-5-14-18-15-7/h3-5,10H,13H2,1-2H3. The first-order valence-electron chi connectivity index (χ1n) is 5.12. The maximum atomic E-state index is 6.16. The average Bonchev–Trinajstić information content (AvgIpc) is 2.91. The van der Waals surface area contributed by atoms with E-state index in [1.807, 2.05) is 12.1 Å². The maximum Gasteiger partial charge on any atom is 0.141 e. The largest absolute Gasteiger partial charge is 0.495 e. The highest BCUT2D eigenvalue weighted by molar-refractivity contribution is 9.10. The molecule has 2 aromatic rings. The summed E-state index contributed by atoms with van der Waals surface area (Å²) in [6.07, 6.45) is 1.66. The molecule has 18 heavy (non-hydrogen) atoms. The fraction of sp³-hybridized carbons (Fsp3) is 0.273. The van der Waals surface area contributed by atoms with Gasteiger partial charge in [0.2, 0.25) is 0 Å². The summed E-state index contributed by atoms with van der Waals surface area (Å²) in [6, 6.07) is 3.33. The molecule has 5 nitrogen and oxygen atoms in total. The van der Waals surface area contributed by atoms with E-state index < -0.39 is 0 Å². The number of nitrogens with zero attached hydrogens (tertiary/aromatic N) is 2. The Morgan fingerprint density at radius 2 is 2.11 bits per heavy atom. The third kappa shape index (κ3) is 2.33. The van der Waals surface area contributed by atoms with Crippen LogP contribution in [0.5, 0.6) is 11.5 Å². The van der Waals surface area contributed by atoms with Gasteiger partial charge in [0.25, 0.3) is 0 Å². The Morgan fingerprint density at radius 3 is 2.67 bits per heavy atom. The van der Waals surface area contributed by atoms with Crippen molar-refractivity contribution >= 4 is 27.7 Å². The van der Waals surface area contributed by atoms with Crippen LogP contribution in [0.4, 0.5) is 0 Å². The van der Waals surface area contributed by atoms with Crippen molar-refractivity contribution in [2.24, 2.45) is 5.73 Å². The molecule has 0 aliphatic rings. The van der Waals surface area contributed by atoms with E-state index in [0.29, 0.717) is 11.5 Å². The minimum atomic E-state index is -0.374. The smallest absolute Gasteiger partial charge is 0.141 e. The summed E-state index contributed by atoms with van der Waals surface area (Å²) in [5.41, 5.74) is 7.71. The van der Waals surface area contributed by atoms with Crippen LogP contribution in [0, 0.1) is 0 Å². The van der Waals surface area contributed by atoms with E-state index in [0.717, 1.165) is 27.5 Å². The predicted molar refractivity (Wildman–Crippen MR) is 73.2 cm³/mol. The number of halogens is 1. The molecule has 7 heteroatoms.